The average Bonchev–Trinajstić information content (AvgIpc) is 2.13. The van der Waals surface area contributed by atoms with Gasteiger partial charge in [-0.2, -0.15) is 0 Å². The van der Waals surface area contributed by atoms with Crippen LogP contribution < -0.4 is 5.73 Å². The quantitative estimate of drug-likeness (QED) is 0.735. The van der Waals surface area contributed by atoms with Crippen molar-refractivity contribution in [2.45, 2.75) is 13.0 Å². The van der Waals surface area contributed by atoms with Gasteiger partial charge in [-0.1, -0.05) is 0 Å². The van der Waals surface area contributed by atoms with Crippen molar-refractivity contribution in [2.75, 3.05) is 0 Å². The van der Waals surface area contributed by atoms with E-state index in [4.69, 9.17) is 10.2 Å². The van der Waals surface area contributed by atoms with Gasteiger partial charge in [0.25, 0.3) is 0 Å². The second-order valence-corrected chi connectivity index (χ2v) is 2.82. The first-order chi connectivity index (χ1) is 4.22. The molecular formula is C6H8BrNO. The zero-order valence-electron chi connectivity index (χ0n) is 5.10. The number of halogens is 1. The van der Waals surface area contributed by atoms with E-state index in [2.05, 4.69) is 15.9 Å². The molecule has 1 atom stereocenters. The summed E-state index contributed by atoms with van der Waals surface area (Å²) in [7, 11) is 0. The molecular weight excluding hydrogens is 182 g/mol. The fraction of sp³-hybridized carbons (Fsp3) is 0.333. The molecule has 3 heteroatoms. The van der Waals surface area contributed by atoms with Crippen LogP contribution in [-0.4, -0.2) is 0 Å². The van der Waals surface area contributed by atoms with Gasteiger partial charge in [-0.3, -0.25) is 0 Å². The van der Waals surface area contributed by atoms with Crippen molar-refractivity contribution >= 4 is 15.9 Å². The Bertz CT molecular complexity index is 195. The summed E-state index contributed by atoms with van der Waals surface area (Å²) in [5.74, 6) is 0. The molecule has 2 nitrogen and oxygen atoms in total. The van der Waals surface area contributed by atoms with Crippen LogP contribution in [0.25, 0.3) is 0 Å². The maximum Gasteiger partial charge on any atom is 0.105 e. The second-order valence-electron chi connectivity index (χ2n) is 1.96. The molecule has 9 heavy (non-hydrogen) atoms. The first-order valence-corrected chi connectivity index (χ1v) is 3.48. The molecule has 1 rings (SSSR count). The van der Waals surface area contributed by atoms with Crippen molar-refractivity contribution < 1.29 is 4.42 Å². The molecule has 1 unspecified atom stereocenters. The third-order valence-electron chi connectivity index (χ3n) is 1.13. The lowest BCUT2D eigenvalue weighted by Crippen LogP contribution is -2.03. The molecule has 0 aliphatic carbocycles. The Kier molecular flexibility index (Phi) is 1.93. The van der Waals surface area contributed by atoms with Crippen LogP contribution in [0.4, 0.5) is 0 Å². The van der Waals surface area contributed by atoms with Crippen molar-refractivity contribution in [3.63, 3.8) is 0 Å². The van der Waals surface area contributed by atoms with Gasteiger partial charge in [-0.25, -0.2) is 0 Å². The number of nitrogens with two attached hydrogens (primary N) is 1. The van der Waals surface area contributed by atoms with Gasteiger partial charge in [-0.15, -0.1) is 0 Å². The highest BCUT2D eigenvalue weighted by Crippen LogP contribution is 2.21. The minimum atomic E-state index is 0.0399. The highest BCUT2D eigenvalue weighted by Gasteiger charge is 2.05. The Morgan fingerprint density at radius 3 is 2.56 bits per heavy atom. The minimum Gasteiger partial charge on any atom is -0.471 e. The predicted molar refractivity (Wildman–Crippen MR) is 39.0 cm³/mol. The Morgan fingerprint density at radius 2 is 2.33 bits per heavy atom. The first kappa shape index (κ1) is 6.83. The standard InChI is InChI=1S/C6H8BrNO/c1-4(8)5-2-9-3-6(5)7/h2-4H,8H2,1H3. The summed E-state index contributed by atoms with van der Waals surface area (Å²) in [5.41, 5.74) is 6.58. The normalized spacial score (nSPS) is 13.7. The monoisotopic (exact) mass is 189 g/mol. The number of furan rings is 1. The molecule has 50 valence electrons. The van der Waals surface area contributed by atoms with Crippen molar-refractivity contribution in [2.24, 2.45) is 5.73 Å². The summed E-state index contributed by atoms with van der Waals surface area (Å²) >= 11 is 3.29. The summed E-state index contributed by atoms with van der Waals surface area (Å²) in [6.07, 6.45) is 3.27. The third kappa shape index (κ3) is 1.34. The number of hydrogen-bond acceptors (Lipinski definition) is 2. The maximum absolute atomic E-state index is 5.57. The fourth-order valence-corrected chi connectivity index (χ4v) is 1.18. The van der Waals surface area contributed by atoms with Crippen molar-refractivity contribution in [3.8, 4) is 0 Å². The van der Waals surface area contributed by atoms with E-state index < -0.39 is 0 Å². The lowest BCUT2D eigenvalue weighted by atomic mass is 10.2. The fourth-order valence-electron chi connectivity index (χ4n) is 0.616. The van der Waals surface area contributed by atoms with Crippen molar-refractivity contribution in [3.05, 3.63) is 22.6 Å². The lowest BCUT2D eigenvalue weighted by molar-refractivity contribution is 0.560. The van der Waals surface area contributed by atoms with E-state index >= 15 is 0 Å². The van der Waals surface area contributed by atoms with Crippen LogP contribution in [0.15, 0.2) is 21.4 Å². The van der Waals surface area contributed by atoms with Gasteiger partial charge in [-0.05, 0) is 22.9 Å². The molecule has 0 fully saturated rings. The van der Waals surface area contributed by atoms with Gasteiger partial charge in [0.1, 0.15) is 6.26 Å². The minimum absolute atomic E-state index is 0.0399. The van der Waals surface area contributed by atoms with Crippen LogP contribution in [0.1, 0.15) is 18.5 Å². The molecule has 0 saturated heterocycles. The van der Waals surface area contributed by atoms with Gasteiger partial charge in [0.05, 0.1) is 10.7 Å². The van der Waals surface area contributed by atoms with Crippen LogP contribution in [0.3, 0.4) is 0 Å². The van der Waals surface area contributed by atoms with Crippen LogP contribution in [0.2, 0.25) is 0 Å². The highest BCUT2D eigenvalue weighted by molar-refractivity contribution is 9.10. The zero-order valence-corrected chi connectivity index (χ0v) is 6.68. The molecule has 1 aromatic heterocycles. The largest absolute Gasteiger partial charge is 0.471 e. The topological polar surface area (TPSA) is 39.2 Å². The summed E-state index contributed by atoms with van der Waals surface area (Å²) in [6.45, 7) is 1.91. The molecule has 1 heterocycles. The van der Waals surface area contributed by atoms with E-state index in [1.807, 2.05) is 6.92 Å². The van der Waals surface area contributed by atoms with Crippen LogP contribution in [0.5, 0.6) is 0 Å². The molecule has 1 aromatic rings. The predicted octanol–water partition coefficient (Wildman–Crippen LogP) is 2.06. The van der Waals surface area contributed by atoms with E-state index in [1.165, 1.54) is 0 Å². The SMILES string of the molecule is CC(N)c1cocc1Br. The van der Waals surface area contributed by atoms with E-state index in [0.29, 0.717) is 0 Å². The summed E-state index contributed by atoms with van der Waals surface area (Å²) < 4.78 is 5.82. The highest BCUT2D eigenvalue weighted by atomic mass is 79.9. The Morgan fingerprint density at radius 1 is 1.67 bits per heavy atom. The average molecular weight is 190 g/mol. The summed E-state index contributed by atoms with van der Waals surface area (Å²) in [6, 6.07) is 0.0399. The first-order valence-electron chi connectivity index (χ1n) is 2.69. The lowest BCUT2D eigenvalue weighted by Gasteiger charge is -1.98. The number of rotatable bonds is 1. The maximum atomic E-state index is 5.57. The molecule has 0 saturated carbocycles. The van der Waals surface area contributed by atoms with E-state index in [0.717, 1.165) is 10.0 Å². The molecule has 2 N–H and O–H groups in total. The molecule has 0 radical (unpaired) electrons. The summed E-state index contributed by atoms with van der Waals surface area (Å²) in [5, 5.41) is 0. The van der Waals surface area contributed by atoms with Crippen LogP contribution in [-0.2, 0) is 0 Å². The van der Waals surface area contributed by atoms with Gasteiger partial charge in [0.15, 0.2) is 0 Å². The Labute approximate surface area is 62.2 Å². The zero-order chi connectivity index (χ0) is 6.85. The van der Waals surface area contributed by atoms with Crippen LogP contribution in [0, 0.1) is 0 Å². The van der Waals surface area contributed by atoms with Gasteiger partial charge < -0.3 is 10.2 Å². The summed E-state index contributed by atoms with van der Waals surface area (Å²) in [4.78, 5) is 0. The molecule has 0 aliphatic heterocycles. The van der Waals surface area contributed by atoms with Gasteiger partial charge in [0, 0.05) is 11.6 Å². The third-order valence-corrected chi connectivity index (χ3v) is 1.78. The Balaban J connectivity index is 2.94. The van der Waals surface area contributed by atoms with Crippen LogP contribution >= 0.6 is 15.9 Å². The smallest absolute Gasteiger partial charge is 0.105 e. The molecule has 0 spiro atoms. The van der Waals surface area contributed by atoms with Crippen molar-refractivity contribution in [1.82, 2.24) is 0 Å². The van der Waals surface area contributed by atoms with E-state index in [9.17, 15) is 0 Å². The Hall–Kier alpha value is -0.280. The van der Waals surface area contributed by atoms with E-state index in [1.54, 1.807) is 12.5 Å². The van der Waals surface area contributed by atoms with E-state index in [-0.39, 0.29) is 6.04 Å². The molecule has 0 amide bonds. The molecule has 0 bridgehead atoms. The van der Waals surface area contributed by atoms with Gasteiger partial charge in [0.2, 0.25) is 0 Å². The van der Waals surface area contributed by atoms with Gasteiger partial charge >= 0.3 is 0 Å². The second kappa shape index (κ2) is 2.54. The molecule has 0 aliphatic rings. The number of hydrogen-bond donors (Lipinski definition) is 1. The van der Waals surface area contributed by atoms with Crippen molar-refractivity contribution in [1.29, 1.82) is 0 Å². The molecule has 0 aromatic carbocycles.